The van der Waals surface area contributed by atoms with Gasteiger partial charge in [0.15, 0.2) is 0 Å². The number of ether oxygens (including phenoxy) is 1. The van der Waals surface area contributed by atoms with Crippen molar-refractivity contribution in [3.8, 4) is 0 Å². The van der Waals surface area contributed by atoms with Crippen LogP contribution in [0, 0.1) is 0 Å². The number of likely N-dealkylation sites (N-methyl/N-ethyl adjacent to an activating group) is 1. The van der Waals surface area contributed by atoms with Crippen LogP contribution in [-0.4, -0.2) is 63.3 Å². The maximum atomic E-state index is 12.0. The highest BCUT2D eigenvalue weighted by atomic mass is 16.5. The SMILES string of the molecule is CC[C@@H](C(=O)N[C@H]1CNC[C@@H]1OC)N(C)C. The van der Waals surface area contributed by atoms with E-state index in [2.05, 4.69) is 10.6 Å². The molecule has 0 saturated carbocycles. The minimum Gasteiger partial charge on any atom is -0.378 e. The zero-order valence-electron chi connectivity index (χ0n) is 10.6. The fraction of sp³-hybridized carbons (Fsp3) is 0.909. The maximum absolute atomic E-state index is 12.0. The fourth-order valence-electron chi connectivity index (χ4n) is 2.11. The van der Waals surface area contributed by atoms with Gasteiger partial charge in [-0.25, -0.2) is 0 Å². The van der Waals surface area contributed by atoms with E-state index in [1.807, 2.05) is 25.9 Å². The number of methoxy groups -OCH3 is 1. The number of nitrogens with zero attached hydrogens (tertiary/aromatic N) is 1. The highest BCUT2D eigenvalue weighted by Gasteiger charge is 2.30. The summed E-state index contributed by atoms with van der Waals surface area (Å²) in [4.78, 5) is 13.9. The predicted octanol–water partition coefficient (Wildman–Crippen LogP) is -0.570. The predicted molar refractivity (Wildman–Crippen MR) is 63.4 cm³/mol. The Bertz CT molecular complexity index is 233. The summed E-state index contributed by atoms with van der Waals surface area (Å²) in [6, 6.07) is 0.0320. The molecule has 0 bridgehead atoms. The van der Waals surface area contributed by atoms with E-state index in [1.54, 1.807) is 7.11 Å². The fourth-order valence-corrected chi connectivity index (χ4v) is 2.11. The van der Waals surface area contributed by atoms with E-state index in [1.165, 1.54) is 0 Å². The van der Waals surface area contributed by atoms with Gasteiger partial charge in [-0.3, -0.25) is 9.69 Å². The molecule has 1 amide bonds. The number of carbonyl (C=O) groups is 1. The molecule has 1 aliphatic heterocycles. The third-order valence-corrected chi connectivity index (χ3v) is 3.10. The molecule has 2 N–H and O–H groups in total. The van der Waals surface area contributed by atoms with Crippen molar-refractivity contribution in [1.82, 2.24) is 15.5 Å². The van der Waals surface area contributed by atoms with Crippen LogP contribution in [0.5, 0.6) is 0 Å². The van der Waals surface area contributed by atoms with Crippen molar-refractivity contribution in [3.05, 3.63) is 0 Å². The summed E-state index contributed by atoms with van der Waals surface area (Å²) in [5, 5.41) is 6.26. The van der Waals surface area contributed by atoms with Gasteiger partial charge in [-0.1, -0.05) is 6.92 Å². The van der Waals surface area contributed by atoms with Crippen LogP contribution in [-0.2, 0) is 9.53 Å². The summed E-state index contributed by atoms with van der Waals surface area (Å²) in [5.41, 5.74) is 0. The molecule has 1 rings (SSSR count). The van der Waals surface area contributed by atoms with E-state index < -0.39 is 0 Å². The Kier molecular flexibility index (Phi) is 5.18. The van der Waals surface area contributed by atoms with Crippen LogP contribution in [0.15, 0.2) is 0 Å². The molecule has 0 spiro atoms. The van der Waals surface area contributed by atoms with Gasteiger partial charge in [0.25, 0.3) is 0 Å². The maximum Gasteiger partial charge on any atom is 0.237 e. The van der Waals surface area contributed by atoms with Gasteiger partial charge in [-0.15, -0.1) is 0 Å². The van der Waals surface area contributed by atoms with Crippen LogP contribution in [0.25, 0.3) is 0 Å². The Hall–Kier alpha value is -0.650. The Labute approximate surface area is 97.5 Å². The lowest BCUT2D eigenvalue weighted by molar-refractivity contribution is -0.127. The molecule has 1 aliphatic rings. The average molecular weight is 229 g/mol. The Morgan fingerprint density at radius 2 is 2.25 bits per heavy atom. The van der Waals surface area contributed by atoms with Gasteiger partial charge in [0, 0.05) is 20.2 Å². The van der Waals surface area contributed by atoms with Crippen molar-refractivity contribution in [2.45, 2.75) is 31.5 Å². The first-order valence-corrected chi connectivity index (χ1v) is 5.80. The van der Waals surface area contributed by atoms with Crippen molar-refractivity contribution in [3.63, 3.8) is 0 Å². The normalized spacial score (nSPS) is 27.1. The number of carbonyl (C=O) groups excluding carboxylic acids is 1. The summed E-state index contributed by atoms with van der Waals surface area (Å²) in [7, 11) is 5.53. The molecule has 0 aromatic carbocycles. The minimum atomic E-state index is -0.0573. The van der Waals surface area contributed by atoms with E-state index in [9.17, 15) is 4.79 Å². The third-order valence-electron chi connectivity index (χ3n) is 3.10. The van der Waals surface area contributed by atoms with E-state index in [4.69, 9.17) is 4.74 Å². The van der Waals surface area contributed by atoms with Crippen LogP contribution in [0.2, 0.25) is 0 Å². The van der Waals surface area contributed by atoms with Gasteiger partial charge in [-0.05, 0) is 20.5 Å². The van der Waals surface area contributed by atoms with Gasteiger partial charge in [0.05, 0.1) is 18.2 Å². The van der Waals surface area contributed by atoms with Crippen molar-refractivity contribution < 1.29 is 9.53 Å². The first-order chi connectivity index (χ1) is 7.60. The van der Waals surface area contributed by atoms with Crippen LogP contribution in [0.4, 0.5) is 0 Å². The monoisotopic (exact) mass is 229 g/mol. The van der Waals surface area contributed by atoms with Crippen molar-refractivity contribution >= 4 is 5.91 Å². The minimum absolute atomic E-state index is 0.0573. The second-order valence-corrected chi connectivity index (χ2v) is 4.44. The molecule has 1 saturated heterocycles. The largest absolute Gasteiger partial charge is 0.378 e. The van der Waals surface area contributed by atoms with Gasteiger partial charge in [-0.2, -0.15) is 0 Å². The number of hydrogen-bond donors (Lipinski definition) is 2. The lowest BCUT2D eigenvalue weighted by atomic mass is 10.1. The van der Waals surface area contributed by atoms with Crippen LogP contribution < -0.4 is 10.6 Å². The van der Waals surface area contributed by atoms with E-state index in [-0.39, 0.29) is 24.1 Å². The molecule has 0 aliphatic carbocycles. The summed E-state index contributed by atoms with van der Waals surface area (Å²) >= 11 is 0. The summed E-state index contributed by atoms with van der Waals surface area (Å²) in [5.74, 6) is 0.0863. The third kappa shape index (κ3) is 3.17. The molecule has 1 fully saturated rings. The molecule has 0 aromatic rings. The highest BCUT2D eigenvalue weighted by Crippen LogP contribution is 2.06. The van der Waals surface area contributed by atoms with E-state index >= 15 is 0 Å². The molecular weight excluding hydrogens is 206 g/mol. The van der Waals surface area contributed by atoms with Crippen molar-refractivity contribution in [2.75, 3.05) is 34.3 Å². The van der Waals surface area contributed by atoms with Gasteiger partial charge in [0.2, 0.25) is 5.91 Å². The Balaban J connectivity index is 2.49. The second kappa shape index (κ2) is 6.18. The average Bonchev–Trinajstić information content (AvgIpc) is 2.65. The molecule has 16 heavy (non-hydrogen) atoms. The molecular formula is C11H23N3O2. The second-order valence-electron chi connectivity index (χ2n) is 4.44. The molecule has 0 unspecified atom stereocenters. The molecule has 3 atom stereocenters. The molecule has 5 nitrogen and oxygen atoms in total. The van der Waals surface area contributed by atoms with E-state index in [0.717, 1.165) is 19.5 Å². The summed E-state index contributed by atoms with van der Waals surface area (Å²) < 4.78 is 5.31. The number of nitrogens with one attached hydrogen (secondary N) is 2. The molecule has 5 heteroatoms. The zero-order chi connectivity index (χ0) is 12.1. The first-order valence-electron chi connectivity index (χ1n) is 5.80. The quantitative estimate of drug-likeness (QED) is 0.663. The van der Waals surface area contributed by atoms with Crippen molar-refractivity contribution in [2.24, 2.45) is 0 Å². The number of hydrogen-bond acceptors (Lipinski definition) is 4. The number of amides is 1. The highest BCUT2D eigenvalue weighted by molar-refractivity contribution is 5.82. The van der Waals surface area contributed by atoms with Crippen LogP contribution in [0.1, 0.15) is 13.3 Å². The lowest BCUT2D eigenvalue weighted by Crippen LogP contribution is -2.50. The van der Waals surface area contributed by atoms with Gasteiger partial charge < -0.3 is 15.4 Å². The molecule has 1 heterocycles. The smallest absolute Gasteiger partial charge is 0.237 e. The number of rotatable bonds is 5. The topological polar surface area (TPSA) is 53.6 Å². The van der Waals surface area contributed by atoms with Crippen molar-refractivity contribution in [1.29, 1.82) is 0 Å². The molecule has 0 aromatic heterocycles. The summed E-state index contributed by atoms with van der Waals surface area (Å²) in [6.07, 6.45) is 0.903. The van der Waals surface area contributed by atoms with E-state index in [0.29, 0.717) is 0 Å². The van der Waals surface area contributed by atoms with Crippen LogP contribution in [0.3, 0.4) is 0 Å². The van der Waals surface area contributed by atoms with Gasteiger partial charge in [0.1, 0.15) is 0 Å². The van der Waals surface area contributed by atoms with Gasteiger partial charge >= 0.3 is 0 Å². The summed E-state index contributed by atoms with van der Waals surface area (Å²) in [6.45, 7) is 3.61. The molecule has 0 radical (unpaired) electrons. The first kappa shape index (κ1) is 13.4. The standard InChI is InChI=1S/C11H23N3O2/c1-5-9(14(2)3)11(15)13-8-6-12-7-10(8)16-4/h8-10,12H,5-7H2,1-4H3,(H,13,15)/t8-,9-,10-/m0/s1. The molecule has 94 valence electrons. The lowest BCUT2D eigenvalue weighted by Gasteiger charge is -2.25. The van der Waals surface area contributed by atoms with Crippen LogP contribution >= 0.6 is 0 Å². The zero-order valence-corrected chi connectivity index (χ0v) is 10.6. The Morgan fingerprint density at radius 1 is 1.56 bits per heavy atom. The Morgan fingerprint density at radius 3 is 2.75 bits per heavy atom.